The van der Waals surface area contributed by atoms with Crippen molar-refractivity contribution in [2.75, 3.05) is 4.90 Å². The van der Waals surface area contributed by atoms with E-state index in [1.54, 1.807) is 24.3 Å². The molecule has 216 valence electrons. The molecular formula is C35H26N4O5. The summed E-state index contributed by atoms with van der Waals surface area (Å²) in [6.45, 7) is 3.73. The molecule has 9 nitrogen and oxygen atoms in total. The van der Waals surface area contributed by atoms with E-state index in [0.29, 0.717) is 22.6 Å². The Hall–Kier alpha value is -6.09. The molecule has 1 aromatic heterocycles. The average Bonchev–Trinajstić information content (AvgIpc) is 3.39. The van der Waals surface area contributed by atoms with E-state index >= 15 is 0 Å². The lowest BCUT2D eigenvalue weighted by molar-refractivity contribution is -0.384. The van der Waals surface area contributed by atoms with Gasteiger partial charge in [0.05, 0.1) is 22.0 Å². The summed E-state index contributed by atoms with van der Waals surface area (Å²) in [5, 5.41) is 13.7. The third-order valence-electron chi connectivity index (χ3n) is 7.33. The third-order valence-corrected chi connectivity index (χ3v) is 7.33. The molecule has 1 N–H and O–H groups in total. The van der Waals surface area contributed by atoms with Gasteiger partial charge >= 0.3 is 6.03 Å². The molecule has 1 fully saturated rings. The highest BCUT2D eigenvalue weighted by Crippen LogP contribution is 2.38. The second-order valence-electron chi connectivity index (χ2n) is 10.5. The van der Waals surface area contributed by atoms with Crippen LogP contribution in [0.15, 0.2) is 115 Å². The number of nitrogens with zero attached hydrogens (tertiary/aromatic N) is 3. The first-order valence-electron chi connectivity index (χ1n) is 13.8. The van der Waals surface area contributed by atoms with E-state index < -0.39 is 22.8 Å². The van der Waals surface area contributed by atoms with E-state index in [0.717, 1.165) is 32.8 Å². The predicted octanol–water partition coefficient (Wildman–Crippen LogP) is 7.00. The van der Waals surface area contributed by atoms with Gasteiger partial charge in [-0.2, -0.15) is 0 Å². The maximum absolute atomic E-state index is 13.9. The molecule has 0 spiro atoms. The fourth-order valence-electron chi connectivity index (χ4n) is 5.47. The summed E-state index contributed by atoms with van der Waals surface area (Å²) in [6.07, 6.45) is 1.50. The van der Waals surface area contributed by atoms with Crippen molar-refractivity contribution in [3.8, 4) is 28.2 Å². The molecule has 9 heteroatoms. The Bertz CT molecular complexity index is 1960. The van der Waals surface area contributed by atoms with Gasteiger partial charge in [0.15, 0.2) is 0 Å². The van der Waals surface area contributed by atoms with Crippen molar-refractivity contribution in [2.24, 2.45) is 0 Å². The van der Waals surface area contributed by atoms with Crippen molar-refractivity contribution in [1.82, 2.24) is 9.88 Å². The zero-order valence-corrected chi connectivity index (χ0v) is 23.9. The van der Waals surface area contributed by atoms with Crippen LogP contribution in [-0.4, -0.2) is 27.3 Å². The molecule has 0 aliphatic carbocycles. The molecule has 1 saturated heterocycles. The van der Waals surface area contributed by atoms with E-state index in [9.17, 15) is 24.5 Å². The monoisotopic (exact) mass is 582 g/mol. The molecule has 4 aromatic carbocycles. The van der Waals surface area contributed by atoms with E-state index in [2.05, 4.69) is 5.32 Å². The van der Waals surface area contributed by atoms with Crippen LogP contribution in [0.25, 0.3) is 34.3 Å². The van der Waals surface area contributed by atoms with Gasteiger partial charge < -0.3 is 4.57 Å². The number of carbonyl (C=O) groups is 3. The number of rotatable bonds is 6. The topological polar surface area (TPSA) is 115 Å². The zero-order valence-electron chi connectivity index (χ0n) is 23.9. The molecule has 0 bridgehead atoms. The number of imide groups is 2. The number of aromatic nitrogens is 1. The highest BCUT2D eigenvalue weighted by atomic mass is 16.6. The molecule has 0 radical (unpaired) electrons. The van der Waals surface area contributed by atoms with Crippen molar-refractivity contribution in [2.45, 2.75) is 13.8 Å². The minimum Gasteiger partial charge on any atom is -0.309 e. The Balaban J connectivity index is 1.59. The van der Waals surface area contributed by atoms with Crippen LogP contribution in [0.5, 0.6) is 0 Å². The van der Waals surface area contributed by atoms with E-state index in [1.807, 2.05) is 91.2 Å². The molecule has 6 rings (SSSR count). The normalized spacial score (nSPS) is 14.2. The summed E-state index contributed by atoms with van der Waals surface area (Å²) in [4.78, 5) is 51.9. The van der Waals surface area contributed by atoms with Crippen LogP contribution in [0.3, 0.4) is 0 Å². The molecule has 0 atom stereocenters. The summed E-state index contributed by atoms with van der Waals surface area (Å²) in [5.41, 5.74) is 6.03. The van der Waals surface area contributed by atoms with Gasteiger partial charge in [-0.3, -0.25) is 25.0 Å². The Kier molecular flexibility index (Phi) is 7.20. The predicted molar refractivity (Wildman–Crippen MR) is 168 cm³/mol. The Morgan fingerprint density at radius 1 is 0.727 bits per heavy atom. The molecule has 0 saturated carbocycles. The largest absolute Gasteiger partial charge is 0.335 e. The molecular weight excluding hydrogens is 556 g/mol. The summed E-state index contributed by atoms with van der Waals surface area (Å²) in [6, 6.07) is 31.6. The fraction of sp³-hybridized carbons (Fsp3) is 0.0571. The van der Waals surface area contributed by atoms with Crippen LogP contribution in [0.4, 0.5) is 16.2 Å². The van der Waals surface area contributed by atoms with Crippen LogP contribution in [-0.2, 0) is 9.59 Å². The third kappa shape index (κ3) is 5.18. The molecule has 1 aliphatic rings. The van der Waals surface area contributed by atoms with Crippen LogP contribution >= 0.6 is 0 Å². The van der Waals surface area contributed by atoms with Crippen LogP contribution < -0.4 is 10.2 Å². The molecule has 2 heterocycles. The fourth-order valence-corrected chi connectivity index (χ4v) is 5.47. The smallest absolute Gasteiger partial charge is 0.309 e. The zero-order chi connectivity index (χ0) is 31.0. The Morgan fingerprint density at radius 3 is 1.91 bits per heavy atom. The molecule has 4 amide bonds. The van der Waals surface area contributed by atoms with Gasteiger partial charge in [0.25, 0.3) is 17.5 Å². The summed E-state index contributed by atoms with van der Waals surface area (Å²) in [7, 11) is 0. The number of hydrogen-bond acceptors (Lipinski definition) is 5. The van der Waals surface area contributed by atoms with Gasteiger partial charge in [0.1, 0.15) is 5.57 Å². The van der Waals surface area contributed by atoms with Crippen LogP contribution in [0, 0.1) is 24.0 Å². The maximum atomic E-state index is 13.9. The van der Waals surface area contributed by atoms with Gasteiger partial charge in [-0.1, -0.05) is 66.7 Å². The second kappa shape index (κ2) is 11.3. The van der Waals surface area contributed by atoms with Crippen molar-refractivity contribution >= 4 is 35.3 Å². The quantitative estimate of drug-likeness (QED) is 0.100. The number of nitrogens with one attached hydrogen (secondary N) is 1. The number of aryl methyl sites for hydroxylation is 2. The van der Waals surface area contributed by atoms with E-state index in [-0.39, 0.29) is 11.3 Å². The number of amides is 4. The van der Waals surface area contributed by atoms with Gasteiger partial charge in [-0.15, -0.1) is 0 Å². The lowest BCUT2D eigenvalue weighted by atomic mass is 10.0. The lowest BCUT2D eigenvalue weighted by Gasteiger charge is -2.27. The Morgan fingerprint density at radius 2 is 1.32 bits per heavy atom. The molecule has 1 aliphatic heterocycles. The number of nitro groups is 1. The number of hydrogen-bond donors (Lipinski definition) is 1. The summed E-state index contributed by atoms with van der Waals surface area (Å²) < 4.78 is 1.94. The number of carbonyl (C=O) groups excluding carboxylic acids is 3. The number of non-ortho nitro benzene ring substituents is 1. The first kappa shape index (κ1) is 28.0. The standard InChI is InChI=1S/C35H26N4O5/c1-22-17-23(2)19-29(18-22)38-34(41)30(33(40)36-35(38)42)20-26-21-31(24-9-5-3-6-10-24)37(32(26)25-11-7-4-8-12-25)27-13-15-28(16-14-27)39(43)44/h3-21H,1-2H3,(H,36,40,42)/b30-20-. The van der Waals surface area contributed by atoms with Gasteiger partial charge in [0.2, 0.25) is 0 Å². The highest BCUT2D eigenvalue weighted by Gasteiger charge is 2.37. The van der Waals surface area contributed by atoms with Gasteiger partial charge in [-0.05, 0) is 72.5 Å². The number of urea groups is 1. The van der Waals surface area contributed by atoms with Crippen LogP contribution in [0.1, 0.15) is 16.7 Å². The average molecular weight is 583 g/mol. The summed E-state index contributed by atoms with van der Waals surface area (Å²) >= 11 is 0. The van der Waals surface area contributed by atoms with E-state index in [1.165, 1.54) is 18.2 Å². The minimum atomic E-state index is -0.821. The lowest BCUT2D eigenvalue weighted by Crippen LogP contribution is -2.54. The molecule has 5 aromatic rings. The molecule has 0 unspecified atom stereocenters. The van der Waals surface area contributed by atoms with E-state index in [4.69, 9.17) is 0 Å². The van der Waals surface area contributed by atoms with Gasteiger partial charge in [-0.25, -0.2) is 9.69 Å². The highest BCUT2D eigenvalue weighted by molar-refractivity contribution is 6.39. The SMILES string of the molecule is Cc1cc(C)cc(N2C(=O)NC(=O)/C(=C/c3cc(-c4ccccc4)n(-c4ccc([N+](=O)[O-])cc4)c3-c3ccccc3)C2=O)c1. The maximum Gasteiger partial charge on any atom is 0.335 e. The number of anilines is 1. The van der Waals surface area contributed by atoms with Crippen molar-refractivity contribution < 1.29 is 19.3 Å². The second-order valence-corrected chi connectivity index (χ2v) is 10.5. The number of benzene rings is 4. The Labute approximate surface area is 252 Å². The number of barbiturate groups is 1. The first-order chi connectivity index (χ1) is 21.2. The summed E-state index contributed by atoms with van der Waals surface area (Å²) in [5.74, 6) is -1.55. The van der Waals surface area contributed by atoms with Crippen molar-refractivity contribution in [3.63, 3.8) is 0 Å². The van der Waals surface area contributed by atoms with Crippen LogP contribution in [0.2, 0.25) is 0 Å². The van der Waals surface area contributed by atoms with Crippen molar-refractivity contribution in [3.05, 3.63) is 142 Å². The molecule has 44 heavy (non-hydrogen) atoms. The minimum absolute atomic E-state index is 0.0496. The first-order valence-corrected chi connectivity index (χ1v) is 13.8. The van der Waals surface area contributed by atoms with Gasteiger partial charge in [0, 0.05) is 23.4 Å². The van der Waals surface area contributed by atoms with Crippen molar-refractivity contribution in [1.29, 1.82) is 0 Å². The number of nitro benzene ring substituents is 1.